The van der Waals surface area contributed by atoms with Crippen molar-refractivity contribution in [3.05, 3.63) is 66.3 Å². The number of para-hydroxylation sites is 1. The van der Waals surface area contributed by atoms with Gasteiger partial charge in [-0.15, -0.1) is 0 Å². The summed E-state index contributed by atoms with van der Waals surface area (Å²) in [5, 5.41) is 3.39. The lowest BCUT2D eigenvalue weighted by Gasteiger charge is -2.06. The first-order valence-corrected chi connectivity index (χ1v) is 5.26. The van der Waals surface area contributed by atoms with E-state index in [9.17, 15) is 0 Å². The van der Waals surface area contributed by atoms with Gasteiger partial charge in [-0.05, 0) is 24.1 Å². The predicted molar refractivity (Wildman–Crippen MR) is 65.9 cm³/mol. The third-order valence-corrected chi connectivity index (χ3v) is 2.34. The van der Waals surface area contributed by atoms with Crippen LogP contribution >= 0.6 is 0 Å². The van der Waals surface area contributed by atoms with Crippen molar-refractivity contribution >= 4 is 5.69 Å². The molecule has 0 heterocycles. The molecule has 0 aromatic heterocycles. The Kier molecular flexibility index (Phi) is 3.39. The number of hydrogen-bond acceptors (Lipinski definition) is 1. The summed E-state index contributed by atoms with van der Waals surface area (Å²) >= 11 is 0. The maximum atomic E-state index is 3.39. The van der Waals surface area contributed by atoms with E-state index in [-0.39, 0.29) is 0 Å². The molecule has 0 fully saturated rings. The van der Waals surface area contributed by atoms with E-state index in [1.807, 2.05) is 18.2 Å². The van der Waals surface area contributed by atoms with Crippen molar-refractivity contribution in [2.45, 2.75) is 6.42 Å². The van der Waals surface area contributed by atoms with Crippen molar-refractivity contribution in [2.75, 3.05) is 11.9 Å². The van der Waals surface area contributed by atoms with Crippen molar-refractivity contribution in [3.63, 3.8) is 0 Å². The topological polar surface area (TPSA) is 12.0 Å². The summed E-state index contributed by atoms with van der Waals surface area (Å²) in [6.45, 7) is 0.891. The van der Waals surface area contributed by atoms with Crippen molar-refractivity contribution < 1.29 is 0 Å². The van der Waals surface area contributed by atoms with Crippen LogP contribution in [-0.4, -0.2) is 6.54 Å². The van der Waals surface area contributed by atoms with Crippen LogP contribution in [-0.2, 0) is 0 Å². The average Bonchev–Trinajstić information content (AvgIpc) is 2.56. The normalized spacial score (nSPS) is 14.5. The van der Waals surface area contributed by atoms with Crippen LogP contribution in [0.3, 0.4) is 0 Å². The average molecular weight is 197 g/mol. The molecule has 0 saturated heterocycles. The van der Waals surface area contributed by atoms with Crippen molar-refractivity contribution in [3.8, 4) is 0 Å². The van der Waals surface area contributed by atoms with Gasteiger partial charge in [-0.25, -0.2) is 0 Å². The summed E-state index contributed by atoms with van der Waals surface area (Å²) in [4.78, 5) is 0. The summed E-state index contributed by atoms with van der Waals surface area (Å²) in [6, 6.07) is 10.3. The zero-order valence-corrected chi connectivity index (χ0v) is 8.69. The Morgan fingerprint density at radius 3 is 2.80 bits per heavy atom. The van der Waals surface area contributed by atoms with Gasteiger partial charge in [0, 0.05) is 12.2 Å². The van der Waals surface area contributed by atoms with Gasteiger partial charge in [0.1, 0.15) is 0 Å². The first kappa shape index (κ1) is 9.78. The maximum Gasteiger partial charge on any atom is 0.0397 e. The lowest BCUT2D eigenvalue weighted by molar-refractivity contribution is 1.23. The van der Waals surface area contributed by atoms with Crippen LogP contribution in [0.2, 0.25) is 0 Å². The smallest absolute Gasteiger partial charge is 0.0397 e. The number of allylic oxidation sites excluding steroid dienone is 4. The predicted octanol–water partition coefficient (Wildman–Crippen LogP) is 3.54. The molecule has 76 valence electrons. The molecule has 1 nitrogen and oxygen atoms in total. The van der Waals surface area contributed by atoms with Gasteiger partial charge < -0.3 is 5.32 Å². The standard InChI is InChI=1S/C14H15N/c1-2-5-9-13(8-4-1)12-15-14-10-6-3-7-11-14/h1-4,6-11,15H,5,12H2. The molecule has 1 aromatic rings. The molecule has 0 radical (unpaired) electrons. The fourth-order valence-corrected chi connectivity index (χ4v) is 1.51. The second-order valence-electron chi connectivity index (χ2n) is 3.52. The molecule has 0 unspecified atom stereocenters. The highest BCUT2D eigenvalue weighted by Crippen LogP contribution is 2.09. The minimum Gasteiger partial charge on any atom is -0.381 e. The van der Waals surface area contributed by atoms with E-state index < -0.39 is 0 Å². The van der Waals surface area contributed by atoms with Gasteiger partial charge in [-0.3, -0.25) is 0 Å². The molecule has 0 spiro atoms. The van der Waals surface area contributed by atoms with Gasteiger partial charge in [0.2, 0.25) is 0 Å². The first-order valence-electron chi connectivity index (χ1n) is 5.26. The fourth-order valence-electron chi connectivity index (χ4n) is 1.51. The third kappa shape index (κ3) is 3.13. The van der Waals surface area contributed by atoms with Crippen molar-refractivity contribution in [1.82, 2.24) is 0 Å². The van der Waals surface area contributed by atoms with E-state index >= 15 is 0 Å². The van der Waals surface area contributed by atoms with Crippen molar-refractivity contribution in [2.24, 2.45) is 0 Å². The molecule has 15 heavy (non-hydrogen) atoms. The van der Waals surface area contributed by atoms with E-state index in [0.29, 0.717) is 0 Å². The molecule has 0 atom stereocenters. The quantitative estimate of drug-likeness (QED) is 0.781. The Bertz CT molecular complexity index is 385. The van der Waals surface area contributed by atoms with Gasteiger partial charge in [0.05, 0.1) is 0 Å². The number of nitrogens with one attached hydrogen (secondary N) is 1. The molecule has 1 heteroatoms. The monoisotopic (exact) mass is 197 g/mol. The number of rotatable bonds is 3. The van der Waals surface area contributed by atoms with E-state index in [2.05, 4.69) is 47.8 Å². The largest absolute Gasteiger partial charge is 0.381 e. The molecule has 0 bridgehead atoms. The Morgan fingerprint density at radius 1 is 1.07 bits per heavy atom. The molecule has 0 saturated carbocycles. The van der Waals surface area contributed by atoms with E-state index in [1.165, 1.54) is 11.3 Å². The van der Waals surface area contributed by atoms with Crippen LogP contribution in [0.5, 0.6) is 0 Å². The third-order valence-electron chi connectivity index (χ3n) is 2.34. The van der Waals surface area contributed by atoms with E-state index in [4.69, 9.17) is 0 Å². The minimum absolute atomic E-state index is 0.891. The van der Waals surface area contributed by atoms with E-state index in [1.54, 1.807) is 0 Å². The lowest BCUT2D eigenvalue weighted by Crippen LogP contribution is -2.02. The number of benzene rings is 1. The lowest BCUT2D eigenvalue weighted by atomic mass is 10.2. The fraction of sp³-hybridized carbons (Fsp3) is 0.143. The van der Waals surface area contributed by atoms with Crippen LogP contribution in [0.15, 0.2) is 66.3 Å². The first-order chi connectivity index (χ1) is 7.45. The zero-order chi connectivity index (χ0) is 10.3. The van der Waals surface area contributed by atoms with Gasteiger partial charge >= 0.3 is 0 Å². The summed E-state index contributed by atoms with van der Waals surface area (Å²) in [5.74, 6) is 0. The van der Waals surface area contributed by atoms with Gasteiger partial charge in [-0.1, -0.05) is 48.6 Å². The number of anilines is 1. The number of hydrogen-bond donors (Lipinski definition) is 1. The molecule has 0 aliphatic heterocycles. The van der Waals surface area contributed by atoms with Crippen LogP contribution in [0, 0.1) is 0 Å². The van der Waals surface area contributed by atoms with Gasteiger partial charge in [0.25, 0.3) is 0 Å². The van der Waals surface area contributed by atoms with Gasteiger partial charge in [0.15, 0.2) is 0 Å². The summed E-state index contributed by atoms with van der Waals surface area (Å²) in [7, 11) is 0. The summed E-state index contributed by atoms with van der Waals surface area (Å²) < 4.78 is 0. The molecule has 0 amide bonds. The Labute approximate surface area is 90.8 Å². The molecule has 1 aliphatic rings. The van der Waals surface area contributed by atoms with Crippen molar-refractivity contribution in [1.29, 1.82) is 0 Å². The second kappa shape index (κ2) is 5.20. The van der Waals surface area contributed by atoms with Crippen LogP contribution in [0.25, 0.3) is 0 Å². The minimum atomic E-state index is 0.891. The highest BCUT2D eigenvalue weighted by atomic mass is 14.9. The summed E-state index contributed by atoms with van der Waals surface area (Å²) in [5.41, 5.74) is 2.51. The highest BCUT2D eigenvalue weighted by molar-refractivity contribution is 5.45. The van der Waals surface area contributed by atoms with Crippen LogP contribution in [0.1, 0.15) is 6.42 Å². The molecule has 1 N–H and O–H groups in total. The summed E-state index contributed by atoms with van der Waals surface area (Å²) in [6.07, 6.45) is 11.8. The SMILES string of the molecule is C1=CCC=C(CNc2ccccc2)C=C1. The Hall–Kier alpha value is -1.76. The van der Waals surface area contributed by atoms with Gasteiger partial charge in [-0.2, -0.15) is 0 Å². The molecule has 1 aliphatic carbocycles. The Balaban J connectivity index is 1.91. The van der Waals surface area contributed by atoms with Crippen LogP contribution in [0.4, 0.5) is 5.69 Å². The van der Waals surface area contributed by atoms with Crippen LogP contribution < -0.4 is 5.32 Å². The molecule has 1 aromatic carbocycles. The second-order valence-corrected chi connectivity index (χ2v) is 3.52. The molecular formula is C14H15N. The van der Waals surface area contributed by atoms with E-state index in [0.717, 1.165) is 13.0 Å². The zero-order valence-electron chi connectivity index (χ0n) is 8.69. The maximum absolute atomic E-state index is 3.39. The molecular weight excluding hydrogens is 182 g/mol. The molecule has 2 rings (SSSR count). The highest BCUT2D eigenvalue weighted by Gasteiger charge is 1.94. The Morgan fingerprint density at radius 2 is 1.93 bits per heavy atom.